The average Bonchev–Trinajstić information content (AvgIpc) is 3.17. The Hall–Kier alpha value is -1.61. The van der Waals surface area contributed by atoms with E-state index in [9.17, 15) is 9.46 Å². The van der Waals surface area contributed by atoms with Crippen molar-refractivity contribution in [1.82, 2.24) is 0 Å². The highest BCUT2D eigenvalue weighted by molar-refractivity contribution is 7.61. The van der Waals surface area contributed by atoms with Crippen molar-refractivity contribution >= 4 is 12.9 Å². The molecule has 3 rings (SSSR count). The van der Waals surface area contributed by atoms with Crippen LogP contribution >= 0.6 is 7.60 Å². The maximum Gasteiger partial charge on any atom is 0.362 e. The second kappa shape index (κ2) is 8.60. The van der Waals surface area contributed by atoms with E-state index >= 15 is 0 Å². The van der Waals surface area contributed by atoms with Crippen LogP contribution in [0.4, 0.5) is 0 Å². The zero-order valence-corrected chi connectivity index (χ0v) is 17.2. The lowest BCUT2D eigenvalue weighted by Crippen LogP contribution is -2.24. The van der Waals surface area contributed by atoms with Crippen molar-refractivity contribution in [2.45, 2.75) is 52.6 Å². The predicted octanol–water partition coefficient (Wildman–Crippen LogP) is 5.47. The number of rotatable bonds is 7. The highest BCUT2D eigenvalue weighted by atomic mass is 31.2. The maximum atomic E-state index is 12.8. The van der Waals surface area contributed by atoms with Crippen LogP contribution in [0.1, 0.15) is 45.1 Å². The standard InChI is InChI=1S/C22H29O4P/c1-4-25-27(23,24)22-15-20(19-11-9-16(2)10-12-19)13-14-21(22)26-17(3)18-7-5-6-8-18/h9-15,17-18H,4-8H2,1-3H3,(H,23,24). The molecule has 0 amide bonds. The molecule has 0 aliphatic heterocycles. The van der Waals surface area contributed by atoms with Crippen LogP contribution in [0, 0.1) is 12.8 Å². The minimum absolute atomic E-state index is 0.0121. The van der Waals surface area contributed by atoms with E-state index in [-0.39, 0.29) is 18.0 Å². The zero-order valence-electron chi connectivity index (χ0n) is 16.4. The van der Waals surface area contributed by atoms with Gasteiger partial charge in [0.05, 0.1) is 12.7 Å². The molecule has 146 valence electrons. The summed E-state index contributed by atoms with van der Waals surface area (Å²) in [6, 6.07) is 13.6. The smallest absolute Gasteiger partial charge is 0.362 e. The van der Waals surface area contributed by atoms with E-state index in [1.165, 1.54) is 18.4 Å². The van der Waals surface area contributed by atoms with Crippen LogP contribution in [0.5, 0.6) is 5.75 Å². The van der Waals surface area contributed by atoms with Crippen LogP contribution in [0.2, 0.25) is 0 Å². The Bertz CT molecular complexity index is 810. The molecule has 0 radical (unpaired) electrons. The van der Waals surface area contributed by atoms with Crippen LogP contribution in [-0.4, -0.2) is 17.6 Å². The van der Waals surface area contributed by atoms with Gasteiger partial charge < -0.3 is 14.2 Å². The Labute approximate surface area is 162 Å². The zero-order chi connectivity index (χ0) is 19.4. The van der Waals surface area contributed by atoms with Gasteiger partial charge in [0.15, 0.2) is 0 Å². The van der Waals surface area contributed by atoms with Gasteiger partial charge in [-0.1, -0.05) is 48.7 Å². The van der Waals surface area contributed by atoms with Gasteiger partial charge in [-0.05, 0) is 62.8 Å². The summed E-state index contributed by atoms with van der Waals surface area (Å²) in [6.07, 6.45) is 4.78. The summed E-state index contributed by atoms with van der Waals surface area (Å²) in [5.41, 5.74) is 3.04. The van der Waals surface area contributed by atoms with E-state index in [4.69, 9.17) is 9.26 Å². The Morgan fingerprint density at radius 2 is 1.74 bits per heavy atom. The molecule has 1 fully saturated rings. The van der Waals surface area contributed by atoms with Gasteiger partial charge in [0, 0.05) is 0 Å². The first kappa shape index (κ1) is 20.1. The van der Waals surface area contributed by atoms with Gasteiger partial charge in [0.1, 0.15) is 11.1 Å². The van der Waals surface area contributed by atoms with Gasteiger partial charge in [-0.2, -0.15) is 0 Å². The molecular formula is C22H29O4P. The first-order valence-corrected chi connectivity index (χ1v) is 11.3. The molecule has 2 aromatic rings. The first-order chi connectivity index (χ1) is 12.9. The molecule has 2 atom stereocenters. The molecule has 0 bridgehead atoms. The molecule has 0 saturated heterocycles. The third kappa shape index (κ3) is 4.82. The Morgan fingerprint density at radius 1 is 1.11 bits per heavy atom. The van der Waals surface area contributed by atoms with E-state index in [1.807, 2.05) is 37.3 Å². The third-order valence-electron chi connectivity index (χ3n) is 5.33. The summed E-state index contributed by atoms with van der Waals surface area (Å²) < 4.78 is 24.2. The van der Waals surface area contributed by atoms with E-state index < -0.39 is 7.60 Å². The Balaban J connectivity index is 1.96. The fourth-order valence-electron chi connectivity index (χ4n) is 3.73. The van der Waals surface area contributed by atoms with Crippen LogP contribution in [0.15, 0.2) is 42.5 Å². The lowest BCUT2D eigenvalue weighted by molar-refractivity contribution is 0.155. The fourth-order valence-corrected chi connectivity index (χ4v) is 4.93. The third-order valence-corrected chi connectivity index (χ3v) is 6.90. The summed E-state index contributed by atoms with van der Waals surface area (Å²) in [4.78, 5) is 10.5. The van der Waals surface area contributed by atoms with Gasteiger partial charge >= 0.3 is 7.60 Å². The van der Waals surface area contributed by atoms with E-state index in [2.05, 4.69) is 6.92 Å². The molecule has 2 unspecified atom stereocenters. The van der Waals surface area contributed by atoms with Crippen LogP contribution in [0.25, 0.3) is 11.1 Å². The molecule has 0 aromatic heterocycles. The van der Waals surface area contributed by atoms with Gasteiger partial charge in [0.2, 0.25) is 0 Å². The molecule has 1 saturated carbocycles. The second-order valence-corrected chi connectivity index (χ2v) is 9.14. The lowest BCUT2D eigenvalue weighted by atomic mass is 10.0. The molecule has 4 nitrogen and oxygen atoms in total. The number of aryl methyl sites for hydroxylation is 1. The topological polar surface area (TPSA) is 55.8 Å². The highest BCUT2D eigenvalue weighted by Crippen LogP contribution is 2.45. The van der Waals surface area contributed by atoms with Crippen molar-refractivity contribution in [1.29, 1.82) is 0 Å². The average molecular weight is 388 g/mol. The number of ether oxygens (including phenoxy) is 1. The molecule has 1 N–H and O–H groups in total. The van der Waals surface area contributed by atoms with Gasteiger partial charge in [-0.25, -0.2) is 0 Å². The van der Waals surface area contributed by atoms with E-state index in [1.54, 1.807) is 19.1 Å². The fraction of sp³-hybridized carbons (Fsp3) is 0.455. The van der Waals surface area contributed by atoms with Crippen molar-refractivity contribution in [3.8, 4) is 16.9 Å². The number of hydrogen-bond acceptors (Lipinski definition) is 3. The summed E-state index contributed by atoms with van der Waals surface area (Å²) in [5, 5.41) is 0.243. The summed E-state index contributed by atoms with van der Waals surface area (Å²) in [6.45, 7) is 5.97. The lowest BCUT2D eigenvalue weighted by Gasteiger charge is -2.24. The van der Waals surface area contributed by atoms with Crippen molar-refractivity contribution < 1.29 is 18.7 Å². The first-order valence-electron chi connectivity index (χ1n) is 9.76. The number of hydrogen-bond donors (Lipinski definition) is 1. The maximum absolute atomic E-state index is 12.8. The van der Waals surface area contributed by atoms with Crippen molar-refractivity contribution in [2.24, 2.45) is 5.92 Å². The molecule has 27 heavy (non-hydrogen) atoms. The van der Waals surface area contributed by atoms with Gasteiger partial charge in [-0.15, -0.1) is 0 Å². The van der Waals surface area contributed by atoms with Crippen LogP contribution in [0.3, 0.4) is 0 Å². The molecule has 2 aromatic carbocycles. The van der Waals surface area contributed by atoms with Gasteiger partial charge in [-0.3, -0.25) is 4.57 Å². The largest absolute Gasteiger partial charge is 0.489 e. The molecule has 1 aliphatic rings. The summed E-state index contributed by atoms with van der Waals surface area (Å²) >= 11 is 0. The Kier molecular flexibility index (Phi) is 6.41. The molecular weight excluding hydrogens is 359 g/mol. The van der Waals surface area contributed by atoms with Crippen molar-refractivity contribution in [3.63, 3.8) is 0 Å². The number of benzene rings is 2. The van der Waals surface area contributed by atoms with E-state index in [0.29, 0.717) is 11.7 Å². The summed E-state index contributed by atoms with van der Waals surface area (Å²) in [5.74, 6) is 0.948. The Morgan fingerprint density at radius 3 is 2.37 bits per heavy atom. The van der Waals surface area contributed by atoms with Crippen LogP contribution < -0.4 is 10.0 Å². The van der Waals surface area contributed by atoms with Crippen molar-refractivity contribution in [2.75, 3.05) is 6.61 Å². The predicted molar refractivity (Wildman–Crippen MR) is 110 cm³/mol. The normalized spacial score (nSPS) is 18.2. The highest BCUT2D eigenvalue weighted by Gasteiger charge is 2.30. The monoisotopic (exact) mass is 388 g/mol. The molecule has 0 heterocycles. The molecule has 1 aliphatic carbocycles. The van der Waals surface area contributed by atoms with E-state index in [0.717, 1.165) is 24.0 Å². The quantitative estimate of drug-likeness (QED) is 0.639. The molecule has 5 heteroatoms. The van der Waals surface area contributed by atoms with Crippen LogP contribution in [-0.2, 0) is 9.09 Å². The second-order valence-electron chi connectivity index (χ2n) is 7.35. The SMILES string of the molecule is CCOP(=O)(O)c1cc(-c2ccc(C)cc2)ccc1OC(C)C1CCCC1. The summed E-state index contributed by atoms with van der Waals surface area (Å²) in [7, 11) is -3.95. The minimum atomic E-state index is -3.95. The molecule has 0 spiro atoms. The minimum Gasteiger partial charge on any atom is -0.489 e. The van der Waals surface area contributed by atoms with Crippen molar-refractivity contribution in [3.05, 3.63) is 48.0 Å². The van der Waals surface area contributed by atoms with Gasteiger partial charge in [0.25, 0.3) is 0 Å².